The molecule has 0 amide bonds. The molecule has 0 aliphatic rings. The first-order valence-corrected chi connectivity index (χ1v) is 3.21. The molecule has 0 saturated heterocycles. The Morgan fingerprint density at radius 2 is 1.91 bits per heavy atom. The Hall–Kier alpha value is -0.290. The normalized spacial score (nSPS) is 18.0. The van der Waals surface area contributed by atoms with E-state index in [0.29, 0.717) is 0 Å². The van der Waals surface area contributed by atoms with Gasteiger partial charge in [-0.15, -0.1) is 0 Å². The summed E-state index contributed by atoms with van der Waals surface area (Å²) in [6, 6.07) is 0. The first-order valence-electron chi connectivity index (χ1n) is 3.21. The highest BCUT2D eigenvalue weighted by molar-refractivity contribution is 4.74. The number of rotatable bonds is 3. The van der Waals surface area contributed by atoms with Crippen LogP contribution < -0.4 is 0 Å². The zero-order chi connectivity index (χ0) is 9.07. The highest BCUT2D eigenvalue weighted by atomic mass is 19.4. The van der Waals surface area contributed by atoms with Crippen LogP contribution in [0.5, 0.6) is 0 Å². The van der Waals surface area contributed by atoms with Crippen LogP contribution >= 0.6 is 0 Å². The van der Waals surface area contributed by atoms with Crippen molar-refractivity contribution in [2.45, 2.75) is 31.7 Å². The molecule has 0 aliphatic heterocycles. The SMILES string of the molecule is CCC(OC)C(O)C(F)(F)F. The van der Waals surface area contributed by atoms with Gasteiger partial charge in [-0.3, -0.25) is 0 Å². The second kappa shape index (κ2) is 3.92. The maximum atomic E-state index is 11.7. The molecule has 0 aliphatic carbocycles. The van der Waals surface area contributed by atoms with Crippen LogP contribution in [0.2, 0.25) is 0 Å². The fourth-order valence-corrected chi connectivity index (χ4v) is 0.730. The first-order chi connectivity index (χ1) is 4.93. The van der Waals surface area contributed by atoms with Gasteiger partial charge in [0.15, 0.2) is 6.10 Å². The van der Waals surface area contributed by atoms with Crippen molar-refractivity contribution in [1.29, 1.82) is 0 Å². The molecule has 0 aromatic carbocycles. The number of halogens is 3. The van der Waals surface area contributed by atoms with E-state index in [2.05, 4.69) is 4.74 Å². The van der Waals surface area contributed by atoms with Crippen LogP contribution in [0.15, 0.2) is 0 Å². The van der Waals surface area contributed by atoms with Gasteiger partial charge in [0.05, 0.1) is 6.10 Å². The van der Waals surface area contributed by atoms with E-state index in [-0.39, 0.29) is 6.42 Å². The van der Waals surface area contributed by atoms with Gasteiger partial charge < -0.3 is 9.84 Å². The molecule has 0 aromatic heterocycles. The predicted octanol–water partition coefficient (Wildman–Crippen LogP) is 1.33. The van der Waals surface area contributed by atoms with Gasteiger partial charge in [-0.05, 0) is 6.42 Å². The van der Waals surface area contributed by atoms with E-state index in [1.54, 1.807) is 0 Å². The number of hydrogen-bond acceptors (Lipinski definition) is 2. The monoisotopic (exact) mass is 172 g/mol. The summed E-state index contributed by atoms with van der Waals surface area (Å²) in [4.78, 5) is 0. The fraction of sp³-hybridized carbons (Fsp3) is 1.00. The smallest absolute Gasteiger partial charge is 0.381 e. The summed E-state index contributed by atoms with van der Waals surface area (Å²) < 4.78 is 39.6. The van der Waals surface area contributed by atoms with Crippen molar-refractivity contribution >= 4 is 0 Å². The van der Waals surface area contributed by atoms with Gasteiger partial charge in [0.1, 0.15) is 0 Å². The van der Waals surface area contributed by atoms with Crippen LogP contribution in [-0.4, -0.2) is 30.6 Å². The summed E-state index contributed by atoms with van der Waals surface area (Å²) in [5, 5.41) is 8.60. The number of hydrogen-bond donors (Lipinski definition) is 1. The second-order valence-corrected chi connectivity index (χ2v) is 2.17. The molecule has 0 rings (SSSR count). The van der Waals surface area contributed by atoms with E-state index in [1.165, 1.54) is 6.92 Å². The lowest BCUT2D eigenvalue weighted by molar-refractivity contribution is -0.233. The number of ether oxygens (including phenoxy) is 1. The fourth-order valence-electron chi connectivity index (χ4n) is 0.730. The number of methoxy groups -OCH3 is 1. The van der Waals surface area contributed by atoms with Crippen molar-refractivity contribution in [2.24, 2.45) is 0 Å². The zero-order valence-corrected chi connectivity index (χ0v) is 6.35. The molecule has 2 atom stereocenters. The number of aliphatic hydroxyl groups is 1. The van der Waals surface area contributed by atoms with E-state index >= 15 is 0 Å². The van der Waals surface area contributed by atoms with E-state index in [9.17, 15) is 13.2 Å². The Balaban J connectivity index is 4.09. The molecule has 5 heteroatoms. The minimum absolute atomic E-state index is 0.136. The van der Waals surface area contributed by atoms with Gasteiger partial charge in [0, 0.05) is 7.11 Å². The molecule has 11 heavy (non-hydrogen) atoms. The molecule has 0 aromatic rings. The second-order valence-electron chi connectivity index (χ2n) is 2.17. The Morgan fingerprint density at radius 3 is 2.00 bits per heavy atom. The molecule has 0 saturated carbocycles. The van der Waals surface area contributed by atoms with Crippen LogP contribution in [0.3, 0.4) is 0 Å². The van der Waals surface area contributed by atoms with Crippen LogP contribution in [0.25, 0.3) is 0 Å². The van der Waals surface area contributed by atoms with Crippen molar-refractivity contribution in [2.75, 3.05) is 7.11 Å². The highest BCUT2D eigenvalue weighted by Gasteiger charge is 2.43. The Labute approximate surface area is 63.0 Å². The van der Waals surface area contributed by atoms with Crippen molar-refractivity contribution < 1.29 is 23.0 Å². The Morgan fingerprint density at radius 1 is 1.45 bits per heavy atom. The van der Waals surface area contributed by atoms with E-state index in [0.717, 1.165) is 7.11 Å². The summed E-state index contributed by atoms with van der Waals surface area (Å²) in [6.45, 7) is 1.52. The van der Waals surface area contributed by atoms with E-state index in [1.807, 2.05) is 0 Å². The topological polar surface area (TPSA) is 29.5 Å². The number of alkyl halides is 3. The largest absolute Gasteiger partial charge is 0.416 e. The lowest BCUT2D eigenvalue weighted by Crippen LogP contribution is -2.40. The summed E-state index contributed by atoms with van der Waals surface area (Å²) >= 11 is 0. The molecule has 68 valence electrons. The summed E-state index contributed by atoms with van der Waals surface area (Å²) in [5.41, 5.74) is 0. The quantitative estimate of drug-likeness (QED) is 0.696. The average molecular weight is 172 g/mol. The van der Waals surface area contributed by atoms with Crippen LogP contribution in [0, 0.1) is 0 Å². The molecule has 0 bridgehead atoms. The third-order valence-electron chi connectivity index (χ3n) is 1.39. The van der Waals surface area contributed by atoms with Crippen molar-refractivity contribution in [3.63, 3.8) is 0 Å². The van der Waals surface area contributed by atoms with Gasteiger partial charge >= 0.3 is 6.18 Å². The maximum absolute atomic E-state index is 11.7. The summed E-state index contributed by atoms with van der Waals surface area (Å²) in [7, 11) is 1.14. The minimum Gasteiger partial charge on any atom is -0.381 e. The standard InChI is InChI=1S/C6H11F3O2/c1-3-4(11-2)5(10)6(7,8)9/h4-5,10H,3H2,1-2H3. The Bertz CT molecular complexity index is 109. The molecule has 2 unspecified atom stereocenters. The van der Waals surface area contributed by atoms with E-state index < -0.39 is 18.4 Å². The Kier molecular flexibility index (Phi) is 3.82. The van der Waals surface area contributed by atoms with Crippen molar-refractivity contribution in [3.8, 4) is 0 Å². The summed E-state index contributed by atoms with van der Waals surface area (Å²) in [6.07, 6.45) is -7.99. The third kappa shape index (κ3) is 3.07. The molecule has 0 radical (unpaired) electrons. The molecular formula is C6H11F3O2. The lowest BCUT2D eigenvalue weighted by Gasteiger charge is -2.21. The maximum Gasteiger partial charge on any atom is 0.416 e. The highest BCUT2D eigenvalue weighted by Crippen LogP contribution is 2.24. The van der Waals surface area contributed by atoms with Crippen LogP contribution in [0.1, 0.15) is 13.3 Å². The molecule has 0 fully saturated rings. The molecule has 2 nitrogen and oxygen atoms in total. The molecular weight excluding hydrogens is 161 g/mol. The van der Waals surface area contributed by atoms with Gasteiger partial charge in [-0.2, -0.15) is 13.2 Å². The third-order valence-corrected chi connectivity index (χ3v) is 1.39. The molecule has 0 spiro atoms. The molecule has 1 N–H and O–H groups in total. The van der Waals surface area contributed by atoms with Gasteiger partial charge in [-0.1, -0.05) is 6.92 Å². The van der Waals surface area contributed by atoms with Crippen LogP contribution in [0.4, 0.5) is 13.2 Å². The number of aliphatic hydroxyl groups excluding tert-OH is 1. The van der Waals surface area contributed by atoms with Crippen molar-refractivity contribution in [3.05, 3.63) is 0 Å². The summed E-state index contributed by atoms with van der Waals surface area (Å²) in [5.74, 6) is 0. The zero-order valence-electron chi connectivity index (χ0n) is 6.35. The van der Waals surface area contributed by atoms with E-state index in [4.69, 9.17) is 5.11 Å². The first kappa shape index (κ1) is 10.7. The van der Waals surface area contributed by atoms with Gasteiger partial charge in [0.25, 0.3) is 0 Å². The average Bonchev–Trinajstić information content (AvgIpc) is 1.88. The molecule has 0 heterocycles. The lowest BCUT2D eigenvalue weighted by atomic mass is 10.1. The minimum atomic E-state index is -4.59. The van der Waals surface area contributed by atoms with Crippen molar-refractivity contribution in [1.82, 2.24) is 0 Å². The van der Waals surface area contributed by atoms with Crippen LogP contribution in [-0.2, 0) is 4.74 Å². The predicted molar refractivity (Wildman–Crippen MR) is 33.1 cm³/mol. The van der Waals surface area contributed by atoms with Gasteiger partial charge in [-0.25, -0.2) is 0 Å². The van der Waals surface area contributed by atoms with Gasteiger partial charge in [0.2, 0.25) is 0 Å².